The summed E-state index contributed by atoms with van der Waals surface area (Å²) in [5.74, 6) is -0.595. The Kier molecular flexibility index (Phi) is 6.06. The maximum absolute atomic E-state index is 12.2. The van der Waals surface area contributed by atoms with Crippen molar-refractivity contribution in [3.63, 3.8) is 0 Å². The number of ketones is 1. The SMILES string of the molecule is CCCCc1ccc(C(=O)Nc2cccc(C(=O)CO)c2)cc1. The highest BCUT2D eigenvalue weighted by molar-refractivity contribution is 6.05. The minimum atomic E-state index is -0.545. The van der Waals surface area contributed by atoms with Crippen molar-refractivity contribution in [2.24, 2.45) is 0 Å². The second kappa shape index (κ2) is 8.25. The van der Waals surface area contributed by atoms with Gasteiger partial charge < -0.3 is 10.4 Å². The van der Waals surface area contributed by atoms with Gasteiger partial charge in [-0.15, -0.1) is 0 Å². The summed E-state index contributed by atoms with van der Waals surface area (Å²) in [5.41, 5.74) is 2.70. The third kappa shape index (κ3) is 4.76. The number of anilines is 1. The van der Waals surface area contributed by atoms with E-state index in [4.69, 9.17) is 5.11 Å². The molecule has 0 aliphatic heterocycles. The van der Waals surface area contributed by atoms with Crippen LogP contribution in [0.5, 0.6) is 0 Å². The van der Waals surface area contributed by atoms with E-state index >= 15 is 0 Å². The molecule has 4 heteroatoms. The number of Topliss-reactive ketones (excluding diaryl/α,β-unsaturated/α-hetero) is 1. The molecule has 0 saturated carbocycles. The first-order valence-corrected chi connectivity index (χ1v) is 7.78. The minimum Gasteiger partial charge on any atom is -0.388 e. The lowest BCUT2D eigenvalue weighted by Gasteiger charge is -2.07. The quantitative estimate of drug-likeness (QED) is 0.770. The lowest BCUT2D eigenvalue weighted by atomic mass is 10.1. The van der Waals surface area contributed by atoms with E-state index in [1.807, 2.05) is 24.3 Å². The summed E-state index contributed by atoms with van der Waals surface area (Å²) in [5, 5.41) is 11.7. The van der Waals surface area contributed by atoms with Gasteiger partial charge in [0, 0.05) is 16.8 Å². The third-order valence-electron chi connectivity index (χ3n) is 3.62. The second-order valence-electron chi connectivity index (χ2n) is 5.42. The fourth-order valence-corrected chi connectivity index (χ4v) is 2.27. The molecule has 0 heterocycles. The molecule has 0 fully saturated rings. The largest absolute Gasteiger partial charge is 0.388 e. The van der Waals surface area contributed by atoms with Crippen LogP contribution in [0.15, 0.2) is 48.5 Å². The Hall–Kier alpha value is -2.46. The average molecular weight is 311 g/mol. The summed E-state index contributed by atoms with van der Waals surface area (Å²) >= 11 is 0. The van der Waals surface area contributed by atoms with Gasteiger partial charge in [0.15, 0.2) is 5.78 Å². The van der Waals surface area contributed by atoms with Crippen molar-refractivity contribution in [1.29, 1.82) is 0 Å². The van der Waals surface area contributed by atoms with Crippen molar-refractivity contribution < 1.29 is 14.7 Å². The number of amides is 1. The monoisotopic (exact) mass is 311 g/mol. The number of hydrogen-bond donors (Lipinski definition) is 2. The van der Waals surface area contributed by atoms with Gasteiger partial charge in [0.25, 0.3) is 5.91 Å². The van der Waals surface area contributed by atoms with Gasteiger partial charge in [-0.2, -0.15) is 0 Å². The number of nitrogens with one attached hydrogen (secondary N) is 1. The van der Waals surface area contributed by atoms with Crippen LogP contribution in [0.1, 0.15) is 46.0 Å². The molecule has 0 aromatic heterocycles. The van der Waals surface area contributed by atoms with Crippen molar-refractivity contribution in [2.45, 2.75) is 26.2 Å². The summed E-state index contributed by atoms with van der Waals surface area (Å²) in [4.78, 5) is 23.7. The number of hydrogen-bond acceptors (Lipinski definition) is 3. The number of carbonyl (C=O) groups excluding carboxylic acids is 2. The zero-order valence-electron chi connectivity index (χ0n) is 13.2. The predicted octanol–water partition coefficient (Wildman–Crippen LogP) is 3.46. The average Bonchev–Trinajstić information content (AvgIpc) is 2.59. The third-order valence-corrected chi connectivity index (χ3v) is 3.62. The fourth-order valence-electron chi connectivity index (χ4n) is 2.27. The molecule has 0 radical (unpaired) electrons. The van der Waals surface area contributed by atoms with Gasteiger partial charge in [-0.3, -0.25) is 9.59 Å². The van der Waals surface area contributed by atoms with Crippen LogP contribution in [0.25, 0.3) is 0 Å². The first kappa shape index (κ1) is 16.9. The van der Waals surface area contributed by atoms with Crippen LogP contribution < -0.4 is 5.32 Å². The highest BCUT2D eigenvalue weighted by atomic mass is 16.3. The van der Waals surface area contributed by atoms with E-state index in [2.05, 4.69) is 12.2 Å². The lowest BCUT2D eigenvalue weighted by Crippen LogP contribution is -2.13. The van der Waals surface area contributed by atoms with Crippen LogP contribution in [0.3, 0.4) is 0 Å². The highest BCUT2D eigenvalue weighted by Gasteiger charge is 2.09. The van der Waals surface area contributed by atoms with Crippen molar-refractivity contribution in [3.8, 4) is 0 Å². The molecule has 120 valence electrons. The van der Waals surface area contributed by atoms with Gasteiger partial charge in [0.2, 0.25) is 0 Å². The van der Waals surface area contributed by atoms with E-state index in [-0.39, 0.29) is 11.7 Å². The Morgan fingerprint density at radius 3 is 2.43 bits per heavy atom. The lowest BCUT2D eigenvalue weighted by molar-refractivity contribution is 0.0903. The van der Waals surface area contributed by atoms with Crippen LogP contribution in [-0.2, 0) is 6.42 Å². The molecular formula is C19H21NO3. The number of aryl methyl sites for hydroxylation is 1. The van der Waals surface area contributed by atoms with E-state index in [0.717, 1.165) is 19.3 Å². The molecule has 0 spiro atoms. The first-order chi connectivity index (χ1) is 11.1. The highest BCUT2D eigenvalue weighted by Crippen LogP contribution is 2.14. The van der Waals surface area contributed by atoms with Crippen LogP contribution >= 0.6 is 0 Å². The van der Waals surface area contributed by atoms with E-state index < -0.39 is 6.61 Å². The predicted molar refractivity (Wildman–Crippen MR) is 90.9 cm³/mol. The molecule has 0 bridgehead atoms. The second-order valence-corrected chi connectivity index (χ2v) is 5.42. The molecule has 0 atom stereocenters. The number of rotatable bonds is 7. The smallest absolute Gasteiger partial charge is 0.255 e. The Balaban J connectivity index is 2.05. The summed E-state index contributed by atoms with van der Waals surface area (Å²) < 4.78 is 0. The number of aliphatic hydroxyl groups excluding tert-OH is 1. The van der Waals surface area contributed by atoms with Crippen LogP contribution in [0.4, 0.5) is 5.69 Å². The van der Waals surface area contributed by atoms with Gasteiger partial charge >= 0.3 is 0 Å². The van der Waals surface area contributed by atoms with Crippen LogP contribution in [0.2, 0.25) is 0 Å². The summed E-state index contributed by atoms with van der Waals surface area (Å²) in [6.07, 6.45) is 3.30. The van der Waals surface area contributed by atoms with Gasteiger partial charge in [0.1, 0.15) is 6.61 Å². The fraction of sp³-hybridized carbons (Fsp3) is 0.263. The number of carbonyl (C=O) groups is 2. The van der Waals surface area contributed by atoms with Crippen molar-refractivity contribution in [2.75, 3.05) is 11.9 Å². The summed E-state index contributed by atoms with van der Waals surface area (Å²) in [7, 11) is 0. The molecular weight excluding hydrogens is 290 g/mol. The van der Waals surface area contributed by atoms with Crippen molar-refractivity contribution in [1.82, 2.24) is 0 Å². The van der Waals surface area contributed by atoms with Crippen LogP contribution in [-0.4, -0.2) is 23.4 Å². The van der Waals surface area contributed by atoms with E-state index in [0.29, 0.717) is 16.8 Å². The van der Waals surface area contributed by atoms with Gasteiger partial charge in [-0.25, -0.2) is 0 Å². The van der Waals surface area contributed by atoms with Crippen molar-refractivity contribution in [3.05, 3.63) is 65.2 Å². The normalized spacial score (nSPS) is 10.3. The molecule has 2 N–H and O–H groups in total. The first-order valence-electron chi connectivity index (χ1n) is 7.78. The molecule has 0 unspecified atom stereocenters. The molecule has 23 heavy (non-hydrogen) atoms. The number of aliphatic hydroxyl groups is 1. The molecule has 2 aromatic rings. The summed E-state index contributed by atoms with van der Waals surface area (Å²) in [6, 6.07) is 14.1. The van der Waals surface area contributed by atoms with Crippen molar-refractivity contribution >= 4 is 17.4 Å². The maximum Gasteiger partial charge on any atom is 0.255 e. The molecule has 2 aromatic carbocycles. The molecule has 0 aliphatic carbocycles. The Morgan fingerprint density at radius 2 is 1.78 bits per heavy atom. The van der Waals surface area contributed by atoms with Gasteiger partial charge in [-0.05, 0) is 42.7 Å². The topological polar surface area (TPSA) is 66.4 Å². The van der Waals surface area contributed by atoms with E-state index in [9.17, 15) is 9.59 Å². The van der Waals surface area contributed by atoms with Gasteiger partial charge in [-0.1, -0.05) is 37.6 Å². The Bertz CT molecular complexity index is 677. The van der Waals surface area contributed by atoms with Gasteiger partial charge in [0.05, 0.1) is 0 Å². The Morgan fingerprint density at radius 1 is 1.04 bits per heavy atom. The molecule has 0 saturated heterocycles. The molecule has 1 amide bonds. The number of unbranched alkanes of at least 4 members (excludes halogenated alkanes) is 1. The van der Waals surface area contributed by atoms with E-state index in [1.54, 1.807) is 24.3 Å². The zero-order chi connectivity index (χ0) is 16.7. The van der Waals surface area contributed by atoms with Crippen LogP contribution in [0, 0.1) is 0 Å². The summed E-state index contributed by atoms with van der Waals surface area (Å²) in [6.45, 7) is 1.61. The molecule has 4 nitrogen and oxygen atoms in total. The number of benzene rings is 2. The Labute approximate surface area is 136 Å². The maximum atomic E-state index is 12.2. The molecule has 2 rings (SSSR count). The minimum absolute atomic E-state index is 0.222. The van der Waals surface area contributed by atoms with E-state index in [1.165, 1.54) is 5.56 Å². The molecule has 0 aliphatic rings. The standard InChI is InChI=1S/C19H21NO3/c1-2-3-5-14-8-10-15(11-9-14)19(23)20-17-7-4-6-16(12-17)18(22)13-21/h4,6-12,21H,2-3,5,13H2,1H3,(H,20,23). The zero-order valence-corrected chi connectivity index (χ0v) is 13.2.